The van der Waals surface area contributed by atoms with Crippen LogP contribution in [0, 0.1) is 29.9 Å². The molecule has 0 N–H and O–H groups in total. The summed E-state index contributed by atoms with van der Waals surface area (Å²) in [7, 11) is -1.33. The Labute approximate surface area is 355 Å². The van der Waals surface area contributed by atoms with E-state index in [0.29, 0.717) is 0 Å². The molecule has 0 saturated heterocycles. The molecule has 3 saturated carbocycles. The van der Waals surface area contributed by atoms with Crippen LogP contribution in [0.3, 0.4) is 0 Å². The van der Waals surface area contributed by atoms with Crippen LogP contribution in [0.15, 0.2) is 143 Å². The van der Waals surface area contributed by atoms with Gasteiger partial charge in [-0.1, -0.05) is 139 Å². The molecule has 4 nitrogen and oxygen atoms in total. The first-order chi connectivity index (χ1) is 27.9. The predicted molar refractivity (Wildman–Crippen MR) is 237 cm³/mol. The van der Waals surface area contributed by atoms with Gasteiger partial charge in [-0.3, -0.25) is 0 Å². The molecule has 0 spiro atoms. The van der Waals surface area contributed by atoms with Gasteiger partial charge in [-0.05, 0) is 89.3 Å². The van der Waals surface area contributed by atoms with Crippen molar-refractivity contribution >= 4 is 57.1 Å². The van der Waals surface area contributed by atoms with Gasteiger partial charge < -0.3 is 18.8 Å². The first kappa shape index (κ1) is 38.4. The molecule has 2 bridgehead atoms. The molecule has 6 heteroatoms. The van der Waals surface area contributed by atoms with Gasteiger partial charge in [0.05, 0.1) is 19.2 Å². The Hall–Kier alpha value is -5.13. The molecule has 3 aliphatic carbocycles. The quantitative estimate of drug-likeness (QED) is 0.123. The molecular weight excluding hydrogens is 905 g/mol. The Bertz CT molecular complexity index is 2870. The van der Waals surface area contributed by atoms with E-state index >= 15 is 0 Å². The molecule has 1 radical (unpaired) electrons. The molecule has 5 aromatic carbocycles. The third-order valence-electron chi connectivity index (χ3n) is 12.5. The first-order valence-corrected chi connectivity index (χ1v) is 24.0. The minimum absolute atomic E-state index is 0. The molecule has 3 fully saturated rings. The Kier molecular flexibility index (Phi) is 10.5. The second-order valence-corrected chi connectivity index (χ2v) is 22.3. The van der Waals surface area contributed by atoms with E-state index < -0.39 is 8.07 Å². The fourth-order valence-electron chi connectivity index (χ4n) is 9.41. The summed E-state index contributed by atoms with van der Waals surface area (Å²) in [4.78, 5) is 9.42. The zero-order chi connectivity index (χ0) is 38.5. The van der Waals surface area contributed by atoms with Crippen LogP contribution in [0.1, 0.15) is 37.7 Å². The fraction of sp³-hybridized carbons (Fsp3) is 0.231. The molecule has 0 amide bonds. The number of pyridine rings is 2. The zero-order valence-corrected chi connectivity index (χ0v) is 36.6. The molecule has 3 aliphatic rings. The van der Waals surface area contributed by atoms with E-state index in [0.717, 1.165) is 84.1 Å². The summed E-state index contributed by atoms with van der Waals surface area (Å²) in [6, 6.07) is 48.7. The summed E-state index contributed by atoms with van der Waals surface area (Å²) >= 11 is 0. The van der Waals surface area contributed by atoms with E-state index in [1.807, 2.05) is 48.8 Å². The summed E-state index contributed by atoms with van der Waals surface area (Å²) in [6.07, 6.45) is 12.3. The predicted octanol–water partition coefficient (Wildman–Crippen LogP) is 13.5. The van der Waals surface area contributed by atoms with Crippen LogP contribution in [-0.2, 0) is 26.5 Å². The SMILES string of the molecule is C[Si](C)(C)c1ccc(-c2[c-]ccc3c2oc2ccccc23)nc1.[Ir].[c-]1ccc2c(oc3cc(-c4ccccc4)ccc32)c1-c1cc(CC2CC3CCC2CC3)ccn1. The zero-order valence-electron chi connectivity index (χ0n) is 33.2. The second kappa shape index (κ2) is 15.9. The van der Waals surface area contributed by atoms with Crippen LogP contribution in [-0.4, -0.2) is 18.0 Å². The van der Waals surface area contributed by atoms with Gasteiger partial charge in [-0.25, -0.2) is 0 Å². The van der Waals surface area contributed by atoms with Crippen molar-refractivity contribution < 1.29 is 28.9 Å². The van der Waals surface area contributed by atoms with Gasteiger partial charge in [0.2, 0.25) is 0 Å². The van der Waals surface area contributed by atoms with Crippen molar-refractivity contribution in [3.05, 3.63) is 151 Å². The van der Waals surface area contributed by atoms with Crippen molar-refractivity contribution in [1.29, 1.82) is 0 Å². The van der Waals surface area contributed by atoms with Gasteiger partial charge in [0.1, 0.15) is 11.2 Å². The molecular formula is C52H46IrN2O2Si-2. The Balaban J connectivity index is 0.000000159. The van der Waals surface area contributed by atoms with Crippen molar-refractivity contribution in [2.24, 2.45) is 17.8 Å². The summed E-state index contributed by atoms with van der Waals surface area (Å²) in [5, 5.41) is 5.87. The van der Waals surface area contributed by atoms with Crippen molar-refractivity contribution in [3.63, 3.8) is 0 Å². The standard InChI is InChI=1S/C32H28NO.C20H18NOSi.Ir/c1-2-5-23(6-3-1)25-13-14-27-28-7-4-8-29(32(28)34-31(27)20-25)30-19-22(15-16-33-30)18-26-17-21-9-11-24(26)12-10-21;1-23(2,3)14-11-12-18(21-13-14)17-9-6-8-16-15-7-4-5-10-19(15)22-20(16)17;/h1-7,13-16,19-21,24,26H,9-12,17-18H2;4-8,10-13H,1-3H3;/q2*-1;. The number of rotatable bonds is 6. The summed E-state index contributed by atoms with van der Waals surface area (Å²) in [5.41, 5.74) is 11.1. The molecule has 58 heavy (non-hydrogen) atoms. The van der Waals surface area contributed by atoms with Gasteiger partial charge in [0.15, 0.2) is 0 Å². The Morgan fingerprint density at radius 3 is 2.00 bits per heavy atom. The largest absolute Gasteiger partial charge is 0.501 e. The second-order valence-electron chi connectivity index (χ2n) is 17.2. The number of benzene rings is 5. The molecule has 4 aromatic heterocycles. The number of para-hydroxylation sites is 1. The molecule has 1 unspecified atom stereocenters. The van der Waals surface area contributed by atoms with E-state index in [1.54, 1.807) is 0 Å². The van der Waals surface area contributed by atoms with E-state index in [4.69, 9.17) is 13.8 Å². The smallest absolute Gasteiger partial charge is 0.121 e. The normalized spacial score (nSPS) is 17.7. The van der Waals surface area contributed by atoms with Crippen LogP contribution in [0.25, 0.3) is 77.5 Å². The van der Waals surface area contributed by atoms with Crippen LogP contribution < -0.4 is 5.19 Å². The molecule has 291 valence electrons. The number of furan rings is 2. The van der Waals surface area contributed by atoms with E-state index in [2.05, 4.69) is 122 Å². The van der Waals surface area contributed by atoms with Gasteiger partial charge >= 0.3 is 0 Å². The topological polar surface area (TPSA) is 52.1 Å². The molecule has 9 aromatic rings. The monoisotopic (exact) mass is 951 g/mol. The van der Waals surface area contributed by atoms with E-state index in [1.165, 1.54) is 60.4 Å². The molecule has 12 rings (SSSR count). The first-order valence-electron chi connectivity index (χ1n) is 20.5. The van der Waals surface area contributed by atoms with E-state index in [-0.39, 0.29) is 20.1 Å². The van der Waals surface area contributed by atoms with Crippen molar-refractivity contribution in [1.82, 2.24) is 9.97 Å². The van der Waals surface area contributed by atoms with Gasteiger partial charge in [0.25, 0.3) is 0 Å². The third kappa shape index (κ3) is 7.39. The van der Waals surface area contributed by atoms with Crippen LogP contribution >= 0.6 is 0 Å². The van der Waals surface area contributed by atoms with Crippen molar-refractivity contribution in [2.45, 2.75) is 58.2 Å². The maximum atomic E-state index is 6.46. The molecule has 0 aliphatic heterocycles. The minimum Gasteiger partial charge on any atom is -0.501 e. The molecule has 1 atom stereocenters. The summed E-state index contributed by atoms with van der Waals surface area (Å²) < 4.78 is 12.5. The van der Waals surface area contributed by atoms with Gasteiger partial charge in [-0.2, -0.15) is 0 Å². The van der Waals surface area contributed by atoms with Crippen molar-refractivity contribution in [2.75, 3.05) is 0 Å². The third-order valence-corrected chi connectivity index (χ3v) is 14.6. The van der Waals surface area contributed by atoms with Crippen molar-refractivity contribution in [3.8, 4) is 33.6 Å². The van der Waals surface area contributed by atoms with E-state index in [9.17, 15) is 0 Å². The number of aromatic nitrogens is 2. The van der Waals surface area contributed by atoms with Crippen LogP contribution in [0.2, 0.25) is 19.6 Å². The Morgan fingerprint density at radius 1 is 0.621 bits per heavy atom. The fourth-order valence-corrected chi connectivity index (χ4v) is 10.4. The summed E-state index contributed by atoms with van der Waals surface area (Å²) in [5.74, 6) is 2.73. The minimum atomic E-state index is -1.33. The average Bonchev–Trinajstić information content (AvgIpc) is 3.83. The number of nitrogens with zero attached hydrogens (tertiary/aromatic N) is 2. The number of fused-ring (bicyclic) bond motifs is 9. The Morgan fingerprint density at radius 2 is 1.31 bits per heavy atom. The van der Waals surface area contributed by atoms with Crippen LogP contribution in [0.4, 0.5) is 0 Å². The maximum Gasteiger partial charge on any atom is 0.121 e. The number of hydrogen-bond acceptors (Lipinski definition) is 4. The average molecular weight is 951 g/mol. The number of hydrogen-bond donors (Lipinski definition) is 0. The van der Waals surface area contributed by atoms with Gasteiger partial charge in [-0.15, -0.1) is 36.4 Å². The maximum absolute atomic E-state index is 6.46. The summed E-state index contributed by atoms with van der Waals surface area (Å²) in [6.45, 7) is 6.99. The molecule has 4 heterocycles. The van der Waals surface area contributed by atoms with Crippen LogP contribution in [0.5, 0.6) is 0 Å². The van der Waals surface area contributed by atoms with Gasteiger partial charge in [0, 0.05) is 43.3 Å².